The Morgan fingerprint density at radius 1 is 1.50 bits per heavy atom. The summed E-state index contributed by atoms with van der Waals surface area (Å²) in [5, 5.41) is 0. The molecule has 1 aliphatic heterocycles. The van der Waals surface area contributed by atoms with Crippen LogP contribution in [0.4, 0.5) is 5.69 Å². The molecule has 0 bridgehead atoms. The van der Waals surface area contributed by atoms with Crippen molar-refractivity contribution in [3.63, 3.8) is 0 Å². The van der Waals surface area contributed by atoms with Gasteiger partial charge in [-0.2, -0.15) is 0 Å². The van der Waals surface area contributed by atoms with Crippen molar-refractivity contribution in [2.45, 2.75) is 18.9 Å². The van der Waals surface area contributed by atoms with Crippen LogP contribution in [0.5, 0.6) is 0 Å². The van der Waals surface area contributed by atoms with Gasteiger partial charge in [0.2, 0.25) is 0 Å². The lowest BCUT2D eigenvalue weighted by Crippen LogP contribution is -2.37. The molecule has 1 saturated heterocycles. The topological polar surface area (TPSA) is 55.3 Å². The van der Waals surface area contributed by atoms with Crippen LogP contribution in [-0.4, -0.2) is 35.6 Å². The third kappa shape index (κ3) is 2.24. The Balaban J connectivity index is 2.07. The van der Waals surface area contributed by atoms with Gasteiger partial charge in [-0.15, -0.1) is 0 Å². The molecule has 0 N–H and O–H groups in total. The number of aromatic nitrogens is 2. The average molecular weight is 336 g/mol. The Bertz CT molecular complexity index is 662. The average Bonchev–Trinajstić information content (AvgIpc) is 2.94. The summed E-state index contributed by atoms with van der Waals surface area (Å²) in [6.07, 6.45) is 5.28. The van der Waals surface area contributed by atoms with Crippen molar-refractivity contribution in [2.75, 3.05) is 18.6 Å². The molecular weight excluding hydrogens is 322 g/mol. The predicted molar refractivity (Wildman–Crippen MR) is 79.6 cm³/mol. The van der Waals surface area contributed by atoms with E-state index in [2.05, 4.69) is 30.8 Å². The van der Waals surface area contributed by atoms with Gasteiger partial charge in [0.15, 0.2) is 0 Å². The second-order valence-corrected chi connectivity index (χ2v) is 5.64. The van der Waals surface area contributed by atoms with Gasteiger partial charge in [-0.25, -0.2) is 4.79 Å². The summed E-state index contributed by atoms with van der Waals surface area (Å²) in [5.74, 6) is -0.190. The molecule has 3 rings (SSSR count). The molecule has 3 heterocycles. The normalized spacial score (nSPS) is 18.5. The van der Waals surface area contributed by atoms with E-state index in [0.717, 1.165) is 40.6 Å². The van der Waals surface area contributed by atoms with Gasteiger partial charge in [0.25, 0.3) is 0 Å². The molecule has 1 unspecified atom stereocenters. The first kappa shape index (κ1) is 13.3. The van der Waals surface area contributed by atoms with Gasteiger partial charge < -0.3 is 9.64 Å². The second-order valence-electron chi connectivity index (χ2n) is 4.73. The Morgan fingerprint density at radius 2 is 2.35 bits per heavy atom. The molecule has 0 saturated carbocycles. The fourth-order valence-electron chi connectivity index (χ4n) is 2.66. The molecule has 2 aromatic rings. The van der Waals surface area contributed by atoms with E-state index in [1.165, 1.54) is 7.11 Å². The van der Waals surface area contributed by atoms with Crippen LogP contribution < -0.4 is 4.90 Å². The molecule has 0 amide bonds. The number of ether oxygens (including phenoxy) is 1. The molecule has 1 fully saturated rings. The number of carbonyl (C=O) groups excluding carboxylic acids is 1. The van der Waals surface area contributed by atoms with Crippen LogP contribution in [0.25, 0.3) is 11.0 Å². The monoisotopic (exact) mass is 335 g/mol. The number of hydrogen-bond donors (Lipinski definition) is 0. The van der Waals surface area contributed by atoms with E-state index in [4.69, 9.17) is 4.74 Å². The van der Waals surface area contributed by atoms with Gasteiger partial charge in [0, 0.05) is 23.4 Å². The zero-order valence-corrected chi connectivity index (χ0v) is 12.6. The third-order valence-electron chi connectivity index (χ3n) is 3.56. The van der Waals surface area contributed by atoms with Crippen molar-refractivity contribution in [3.05, 3.63) is 29.0 Å². The van der Waals surface area contributed by atoms with Gasteiger partial charge in [-0.1, -0.05) is 0 Å². The summed E-state index contributed by atoms with van der Waals surface area (Å²) < 4.78 is 5.78. The minimum absolute atomic E-state index is 0.190. The highest BCUT2D eigenvalue weighted by molar-refractivity contribution is 9.10. The van der Waals surface area contributed by atoms with Crippen LogP contribution in [0.3, 0.4) is 0 Å². The number of nitrogens with zero attached hydrogens (tertiary/aromatic N) is 3. The molecule has 0 spiro atoms. The van der Waals surface area contributed by atoms with E-state index in [-0.39, 0.29) is 12.0 Å². The van der Waals surface area contributed by atoms with Crippen molar-refractivity contribution in [1.29, 1.82) is 0 Å². The number of anilines is 1. The second kappa shape index (κ2) is 5.36. The fraction of sp³-hybridized carbons (Fsp3) is 0.357. The predicted octanol–water partition coefficient (Wildman–Crippen LogP) is 2.53. The first-order chi connectivity index (χ1) is 9.70. The number of carbonyl (C=O) groups is 1. The summed E-state index contributed by atoms with van der Waals surface area (Å²) in [7, 11) is 1.43. The number of pyridine rings is 2. The maximum absolute atomic E-state index is 11.9. The van der Waals surface area contributed by atoms with Crippen LogP contribution in [0.2, 0.25) is 0 Å². The van der Waals surface area contributed by atoms with Gasteiger partial charge >= 0.3 is 5.97 Å². The minimum Gasteiger partial charge on any atom is -0.467 e. The van der Waals surface area contributed by atoms with Gasteiger partial charge in [0.05, 0.1) is 18.3 Å². The molecule has 6 heteroatoms. The lowest BCUT2D eigenvalue weighted by atomic mass is 10.2. The number of methoxy groups -OCH3 is 1. The first-order valence-corrected chi connectivity index (χ1v) is 7.25. The number of fused-ring (bicyclic) bond motifs is 1. The molecule has 20 heavy (non-hydrogen) atoms. The highest BCUT2D eigenvalue weighted by Gasteiger charge is 2.32. The summed E-state index contributed by atoms with van der Waals surface area (Å²) in [5.41, 5.74) is 2.56. The van der Waals surface area contributed by atoms with E-state index in [1.54, 1.807) is 12.4 Å². The molecule has 0 aromatic carbocycles. The Morgan fingerprint density at radius 3 is 3.15 bits per heavy atom. The Kier molecular flexibility index (Phi) is 3.56. The van der Waals surface area contributed by atoms with Gasteiger partial charge in [-0.05, 0) is 40.9 Å². The van der Waals surface area contributed by atoms with Crippen molar-refractivity contribution < 1.29 is 9.53 Å². The maximum atomic E-state index is 11.9. The molecule has 1 aliphatic rings. The Labute approximate surface area is 125 Å². The van der Waals surface area contributed by atoms with Crippen LogP contribution >= 0.6 is 15.9 Å². The van der Waals surface area contributed by atoms with Gasteiger partial charge in [0.1, 0.15) is 11.6 Å². The van der Waals surface area contributed by atoms with E-state index in [0.29, 0.717) is 0 Å². The molecule has 5 nitrogen and oxygen atoms in total. The SMILES string of the molecule is COC(=O)C1CCCN1c1ccnc2cc(Br)cnc12. The van der Waals surface area contributed by atoms with Crippen LogP contribution in [-0.2, 0) is 9.53 Å². The zero-order valence-electron chi connectivity index (χ0n) is 11.0. The molecular formula is C14H14BrN3O2. The van der Waals surface area contributed by atoms with Crippen molar-refractivity contribution in [1.82, 2.24) is 9.97 Å². The summed E-state index contributed by atoms with van der Waals surface area (Å²) in [6.45, 7) is 0.830. The maximum Gasteiger partial charge on any atom is 0.328 e. The van der Waals surface area contributed by atoms with Crippen molar-refractivity contribution in [3.8, 4) is 0 Å². The molecule has 2 aromatic heterocycles. The quantitative estimate of drug-likeness (QED) is 0.789. The minimum atomic E-state index is -0.226. The number of halogens is 1. The summed E-state index contributed by atoms with van der Waals surface area (Å²) in [4.78, 5) is 22.7. The van der Waals surface area contributed by atoms with Crippen molar-refractivity contribution >= 4 is 38.6 Å². The zero-order chi connectivity index (χ0) is 14.1. The van der Waals surface area contributed by atoms with Crippen LogP contribution in [0.1, 0.15) is 12.8 Å². The van der Waals surface area contributed by atoms with Crippen LogP contribution in [0, 0.1) is 0 Å². The van der Waals surface area contributed by atoms with E-state index in [1.807, 2.05) is 12.1 Å². The first-order valence-electron chi connectivity index (χ1n) is 6.45. The molecule has 104 valence electrons. The third-order valence-corrected chi connectivity index (χ3v) is 3.99. The smallest absolute Gasteiger partial charge is 0.328 e. The van der Waals surface area contributed by atoms with Gasteiger partial charge in [-0.3, -0.25) is 9.97 Å². The summed E-state index contributed by atoms with van der Waals surface area (Å²) in [6, 6.07) is 3.61. The van der Waals surface area contributed by atoms with Crippen molar-refractivity contribution in [2.24, 2.45) is 0 Å². The number of rotatable bonds is 2. The number of hydrogen-bond acceptors (Lipinski definition) is 5. The Hall–Kier alpha value is -1.69. The van der Waals surface area contributed by atoms with E-state index >= 15 is 0 Å². The summed E-state index contributed by atoms with van der Waals surface area (Å²) >= 11 is 3.40. The lowest BCUT2D eigenvalue weighted by molar-refractivity contribution is -0.141. The largest absolute Gasteiger partial charge is 0.467 e. The van der Waals surface area contributed by atoms with E-state index in [9.17, 15) is 4.79 Å². The lowest BCUT2D eigenvalue weighted by Gasteiger charge is -2.25. The highest BCUT2D eigenvalue weighted by atomic mass is 79.9. The molecule has 0 aliphatic carbocycles. The highest BCUT2D eigenvalue weighted by Crippen LogP contribution is 2.31. The standard InChI is InChI=1S/C14H14BrN3O2/c1-20-14(19)12-3-2-6-18(12)11-4-5-16-10-7-9(15)8-17-13(10)11/h4-5,7-8,12H,2-3,6H2,1H3. The number of esters is 1. The van der Waals surface area contributed by atoms with Crippen LogP contribution in [0.15, 0.2) is 29.0 Å². The van der Waals surface area contributed by atoms with E-state index < -0.39 is 0 Å². The molecule has 0 radical (unpaired) electrons. The molecule has 1 atom stereocenters. The fourth-order valence-corrected chi connectivity index (χ4v) is 2.98.